The number of carbonyl (C=O) groups excluding carboxylic acids is 1. The number of alkyl halides is 3. The molecule has 2 bridgehead atoms. The van der Waals surface area contributed by atoms with Crippen LogP contribution in [0.1, 0.15) is 28.8 Å². The fourth-order valence-corrected chi connectivity index (χ4v) is 3.37. The molecule has 2 saturated heterocycles. The second kappa shape index (κ2) is 6.13. The Hall–Kier alpha value is -1.60. The normalized spacial score (nSPS) is 27.6. The summed E-state index contributed by atoms with van der Waals surface area (Å²) in [4.78, 5) is 12.7. The van der Waals surface area contributed by atoms with Crippen molar-refractivity contribution in [1.82, 2.24) is 5.32 Å². The summed E-state index contributed by atoms with van der Waals surface area (Å²) in [5.41, 5.74) is -0.604. The number of hydrogen-bond acceptors (Lipinski definition) is 4. The summed E-state index contributed by atoms with van der Waals surface area (Å²) < 4.78 is 48.9. The first-order valence-corrected chi connectivity index (χ1v) is 7.51. The predicted molar refractivity (Wildman–Crippen MR) is 76.6 cm³/mol. The van der Waals surface area contributed by atoms with Gasteiger partial charge in [-0.15, -0.1) is 0 Å². The van der Waals surface area contributed by atoms with Gasteiger partial charge in [0.15, 0.2) is 5.78 Å². The molecule has 0 spiro atoms. The molecule has 0 aromatic heterocycles. The van der Waals surface area contributed by atoms with Crippen LogP contribution < -0.4 is 10.1 Å². The van der Waals surface area contributed by atoms with Gasteiger partial charge < -0.3 is 14.8 Å². The zero-order valence-electron chi connectivity index (χ0n) is 12.7. The fraction of sp³-hybridized carbons (Fsp3) is 0.562. The van der Waals surface area contributed by atoms with Gasteiger partial charge in [0, 0.05) is 23.6 Å². The summed E-state index contributed by atoms with van der Waals surface area (Å²) in [5.74, 6) is -0.646. The second-order valence-electron chi connectivity index (χ2n) is 6.04. The van der Waals surface area contributed by atoms with Gasteiger partial charge in [0.2, 0.25) is 0 Å². The molecule has 2 aliphatic rings. The van der Waals surface area contributed by atoms with Crippen LogP contribution in [0.2, 0.25) is 0 Å². The maximum absolute atomic E-state index is 12.9. The Balaban J connectivity index is 1.82. The average molecular weight is 329 g/mol. The van der Waals surface area contributed by atoms with Crippen LogP contribution in [0.25, 0.3) is 0 Å². The van der Waals surface area contributed by atoms with Crippen LogP contribution in [-0.2, 0) is 10.9 Å². The van der Waals surface area contributed by atoms with E-state index >= 15 is 0 Å². The number of nitrogens with one attached hydrogen (secondary N) is 1. The molecule has 0 radical (unpaired) electrons. The van der Waals surface area contributed by atoms with Gasteiger partial charge in [0.25, 0.3) is 0 Å². The number of Topliss-reactive ketones (excluding diaryl/α,β-unsaturated/α-hetero) is 1. The third kappa shape index (κ3) is 3.35. The van der Waals surface area contributed by atoms with Crippen molar-refractivity contribution in [3.05, 3.63) is 29.3 Å². The summed E-state index contributed by atoms with van der Waals surface area (Å²) in [7, 11) is 1.17. The minimum Gasteiger partial charge on any atom is -0.496 e. The highest BCUT2D eigenvalue weighted by Crippen LogP contribution is 2.37. The van der Waals surface area contributed by atoms with Gasteiger partial charge >= 0.3 is 6.18 Å². The van der Waals surface area contributed by atoms with Gasteiger partial charge in [0.05, 0.1) is 25.9 Å². The number of hydrogen-bond donors (Lipinski definition) is 1. The van der Waals surface area contributed by atoms with E-state index in [4.69, 9.17) is 9.47 Å². The minimum absolute atomic E-state index is 0.129. The number of fused-ring (bicyclic) bond motifs is 2. The summed E-state index contributed by atoms with van der Waals surface area (Å²) >= 11 is 0. The molecule has 1 aromatic rings. The number of ether oxygens (including phenoxy) is 2. The Bertz CT molecular complexity index is 591. The molecule has 0 aliphatic carbocycles. The molecule has 126 valence electrons. The first-order chi connectivity index (χ1) is 10.9. The van der Waals surface area contributed by atoms with Crippen molar-refractivity contribution in [1.29, 1.82) is 0 Å². The zero-order chi connectivity index (χ0) is 16.6. The zero-order valence-corrected chi connectivity index (χ0v) is 12.7. The Morgan fingerprint density at radius 2 is 1.91 bits per heavy atom. The van der Waals surface area contributed by atoms with E-state index in [-0.39, 0.29) is 35.1 Å². The van der Waals surface area contributed by atoms with Crippen LogP contribution in [0.4, 0.5) is 13.2 Å². The SMILES string of the molecule is COc1cc(C(=O)C2CC3COCC(C2)N3)ccc1C(F)(F)F. The van der Waals surface area contributed by atoms with E-state index in [1.807, 2.05) is 0 Å². The number of halogens is 3. The number of morpholine rings is 1. The van der Waals surface area contributed by atoms with Crippen molar-refractivity contribution in [3.63, 3.8) is 0 Å². The number of ketones is 1. The van der Waals surface area contributed by atoms with Crippen LogP contribution in [0.5, 0.6) is 5.75 Å². The lowest BCUT2D eigenvalue weighted by Gasteiger charge is -2.39. The standard InChI is InChI=1S/C16H18F3NO3/c1-22-14-6-9(2-3-13(14)16(17,18)19)15(21)10-4-11-7-23-8-12(5-10)20-11/h2-3,6,10-12,20H,4-5,7-8H2,1H3. The molecule has 4 nitrogen and oxygen atoms in total. The molecule has 2 aliphatic heterocycles. The van der Waals surface area contributed by atoms with Gasteiger partial charge in [-0.2, -0.15) is 13.2 Å². The van der Waals surface area contributed by atoms with Gasteiger partial charge in [0.1, 0.15) is 5.75 Å². The summed E-state index contributed by atoms with van der Waals surface area (Å²) in [6.45, 7) is 1.13. The lowest BCUT2D eigenvalue weighted by Crippen LogP contribution is -2.55. The predicted octanol–water partition coefficient (Wildman–Crippen LogP) is 2.66. The molecular weight excluding hydrogens is 311 g/mol. The molecule has 2 fully saturated rings. The van der Waals surface area contributed by atoms with E-state index in [2.05, 4.69) is 5.32 Å². The van der Waals surface area contributed by atoms with Gasteiger partial charge in [-0.05, 0) is 25.0 Å². The molecular formula is C16H18F3NO3. The Labute approximate surface area is 132 Å². The summed E-state index contributed by atoms with van der Waals surface area (Å²) in [6, 6.07) is 3.61. The van der Waals surface area contributed by atoms with E-state index in [1.54, 1.807) is 0 Å². The third-order valence-corrected chi connectivity index (χ3v) is 4.41. The van der Waals surface area contributed by atoms with Gasteiger partial charge in [-0.1, -0.05) is 6.07 Å². The van der Waals surface area contributed by atoms with E-state index < -0.39 is 11.7 Å². The van der Waals surface area contributed by atoms with E-state index in [1.165, 1.54) is 19.2 Å². The monoisotopic (exact) mass is 329 g/mol. The van der Waals surface area contributed by atoms with Crippen LogP contribution in [0, 0.1) is 5.92 Å². The van der Waals surface area contributed by atoms with Crippen molar-refractivity contribution in [3.8, 4) is 5.75 Å². The largest absolute Gasteiger partial charge is 0.496 e. The maximum atomic E-state index is 12.9. The van der Waals surface area contributed by atoms with E-state index in [9.17, 15) is 18.0 Å². The average Bonchev–Trinajstić information content (AvgIpc) is 2.52. The molecule has 0 saturated carbocycles. The molecule has 2 heterocycles. The lowest BCUT2D eigenvalue weighted by molar-refractivity contribution is -0.138. The fourth-order valence-electron chi connectivity index (χ4n) is 3.37. The van der Waals surface area contributed by atoms with Crippen molar-refractivity contribution in [2.45, 2.75) is 31.1 Å². The highest BCUT2D eigenvalue weighted by molar-refractivity contribution is 5.98. The molecule has 2 atom stereocenters. The maximum Gasteiger partial charge on any atom is 0.419 e. The molecule has 1 N–H and O–H groups in total. The summed E-state index contributed by atoms with van der Waals surface area (Å²) in [5, 5.41) is 3.39. The lowest BCUT2D eigenvalue weighted by atomic mass is 9.82. The third-order valence-electron chi connectivity index (χ3n) is 4.41. The number of methoxy groups -OCH3 is 1. The Kier molecular flexibility index (Phi) is 4.33. The van der Waals surface area contributed by atoms with Crippen molar-refractivity contribution >= 4 is 5.78 Å². The minimum atomic E-state index is -4.50. The summed E-state index contributed by atoms with van der Waals surface area (Å²) in [6.07, 6.45) is -3.23. The van der Waals surface area contributed by atoms with Crippen LogP contribution in [0.15, 0.2) is 18.2 Å². The quantitative estimate of drug-likeness (QED) is 0.866. The molecule has 1 aromatic carbocycles. The number of benzene rings is 1. The number of rotatable bonds is 3. The van der Waals surface area contributed by atoms with Gasteiger partial charge in [-0.25, -0.2) is 0 Å². The van der Waals surface area contributed by atoms with Crippen LogP contribution in [-0.4, -0.2) is 38.2 Å². The smallest absolute Gasteiger partial charge is 0.419 e. The van der Waals surface area contributed by atoms with E-state index in [0.29, 0.717) is 26.1 Å². The highest BCUT2D eigenvalue weighted by Gasteiger charge is 2.37. The van der Waals surface area contributed by atoms with E-state index in [0.717, 1.165) is 6.07 Å². The molecule has 3 rings (SSSR count). The van der Waals surface area contributed by atoms with Crippen LogP contribution >= 0.6 is 0 Å². The molecule has 0 amide bonds. The second-order valence-corrected chi connectivity index (χ2v) is 6.04. The van der Waals surface area contributed by atoms with Crippen molar-refractivity contribution < 1.29 is 27.4 Å². The topological polar surface area (TPSA) is 47.6 Å². The van der Waals surface area contributed by atoms with Crippen LogP contribution in [0.3, 0.4) is 0 Å². The Morgan fingerprint density at radius 3 is 2.48 bits per heavy atom. The number of piperidine rings is 1. The molecule has 2 unspecified atom stereocenters. The Morgan fingerprint density at radius 1 is 1.26 bits per heavy atom. The number of carbonyl (C=O) groups is 1. The molecule has 7 heteroatoms. The van der Waals surface area contributed by atoms with Crippen molar-refractivity contribution in [2.24, 2.45) is 5.92 Å². The molecule has 23 heavy (non-hydrogen) atoms. The highest BCUT2D eigenvalue weighted by atomic mass is 19.4. The van der Waals surface area contributed by atoms with Gasteiger partial charge in [-0.3, -0.25) is 4.79 Å². The first kappa shape index (κ1) is 16.3. The van der Waals surface area contributed by atoms with Crippen molar-refractivity contribution in [2.75, 3.05) is 20.3 Å². The first-order valence-electron chi connectivity index (χ1n) is 7.51.